The number of nitrogens with one attached hydrogen (secondary N) is 1. The highest BCUT2D eigenvalue weighted by Gasteiger charge is 2.27. The molecule has 1 aliphatic heterocycles. The van der Waals surface area contributed by atoms with Crippen LogP contribution in [-0.2, 0) is 16.6 Å². The molecule has 3 aromatic carbocycles. The predicted octanol–water partition coefficient (Wildman–Crippen LogP) is 3.83. The van der Waals surface area contributed by atoms with Gasteiger partial charge in [-0.05, 0) is 48.7 Å². The second kappa shape index (κ2) is 10.5. The number of rotatable bonds is 8. The van der Waals surface area contributed by atoms with E-state index < -0.39 is 10.0 Å². The van der Waals surface area contributed by atoms with Gasteiger partial charge in [0, 0.05) is 38.3 Å². The normalized spacial score (nSPS) is 16.1. The highest BCUT2D eigenvalue weighted by molar-refractivity contribution is 7.92. The lowest BCUT2D eigenvalue weighted by Gasteiger charge is -2.22. The Kier molecular flexibility index (Phi) is 7.42. The molecule has 1 heterocycles. The van der Waals surface area contributed by atoms with Crippen LogP contribution in [0.3, 0.4) is 0 Å². The van der Waals surface area contributed by atoms with Crippen LogP contribution in [0.1, 0.15) is 27.9 Å². The second-order valence-corrected chi connectivity index (χ2v) is 10.8. The fourth-order valence-corrected chi connectivity index (χ4v) is 5.62. The van der Waals surface area contributed by atoms with Gasteiger partial charge in [-0.25, -0.2) is 8.42 Å². The molecular formula is C27H31N3O4S. The number of anilines is 1. The van der Waals surface area contributed by atoms with Gasteiger partial charge < -0.3 is 10.1 Å². The summed E-state index contributed by atoms with van der Waals surface area (Å²) in [6, 6.07) is 21.9. The van der Waals surface area contributed by atoms with Gasteiger partial charge in [0.05, 0.1) is 17.7 Å². The Bertz CT molecular complexity index is 1290. The first-order valence-electron chi connectivity index (χ1n) is 11.6. The van der Waals surface area contributed by atoms with Gasteiger partial charge >= 0.3 is 0 Å². The molecule has 0 radical (unpaired) electrons. The molecule has 1 N–H and O–H groups in total. The molecule has 0 aliphatic carbocycles. The SMILES string of the molecule is COc1ccccc1N(C)S(=O)(=O)c1ccc(C)c(C(=O)NC2CCN(Cc3ccccc3)C2)c1. The van der Waals surface area contributed by atoms with Gasteiger partial charge in [0.25, 0.3) is 15.9 Å². The van der Waals surface area contributed by atoms with Crippen molar-refractivity contribution in [2.24, 2.45) is 0 Å². The number of carbonyl (C=O) groups is 1. The van der Waals surface area contributed by atoms with Crippen LogP contribution in [0.5, 0.6) is 5.75 Å². The summed E-state index contributed by atoms with van der Waals surface area (Å²) in [5.74, 6) is 0.191. The molecule has 1 aliphatic rings. The van der Waals surface area contributed by atoms with E-state index in [0.29, 0.717) is 17.0 Å². The van der Waals surface area contributed by atoms with Gasteiger partial charge in [-0.2, -0.15) is 0 Å². The van der Waals surface area contributed by atoms with Crippen molar-refractivity contribution >= 4 is 21.6 Å². The molecule has 1 amide bonds. The molecule has 0 bridgehead atoms. The van der Waals surface area contributed by atoms with E-state index >= 15 is 0 Å². The number of hydrogen-bond donors (Lipinski definition) is 1. The van der Waals surface area contributed by atoms with Gasteiger partial charge in [0.2, 0.25) is 0 Å². The zero-order chi connectivity index (χ0) is 25.0. The maximum atomic E-state index is 13.4. The number of methoxy groups -OCH3 is 1. The molecule has 4 rings (SSSR count). The molecule has 3 aromatic rings. The van der Waals surface area contributed by atoms with Crippen LogP contribution in [0.2, 0.25) is 0 Å². The molecule has 7 nitrogen and oxygen atoms in total. The summed E-state index contributed by atoms with van der Waals surface area (Å²) in [7, 11) is -0.926. The van der Waals surface area contributed by atoms with Crippen LogP contribution in [-0.4, -0.2) is 52.5 Å². The zero-order valence-electron chi connectivity index (χ0n) is 20.3. The highest BCUT2D eigenvalue weighted by atomic mass is 32.2. The summed E-state index contributed by atoms with van der Waals surface area (Å²) in [5, 5.41) is 3.10. The third-order valence-corrected chi connectivity index (χ3v) is 8.16. The maximum absolute atomic E-state index is 13.4. The fraction of sp³-hybridized carbons (Fsp3) is 0.296. The Balaban J connectivity index is 1.48. The monoisotopic (exact) mass is 493 g/mol. The Morgan fingerprint density at radius 2 is 1.80 bits per heavy atom. The molecular weight excluding hydrogens is 462 g/mol. The lowest BCUT2D eigenvalue weighted by atomic mass is 10.1. The van der Waals surface area contributed by atoms with Crippen LogP contribution in [0.25, 0.3) is 0 Å². The third-order valence-electron chi connectivity index (χ3n) is 6.39. The number of hydrogen-bond acceptors (Lipinski definition) is 5. The van der Waals surface area contributed by atoms with E-state index in [0.717, 1.165) is 31.6 Å². The lowest BCUT2D eigenvalue weighted by Crippen LogP contribution is -2.37. The van der Waals surface area contributed by atoms with Gasteiger partial charge in [-0.1, -0.05) is 48.5 Å². The van der Waals surface area contributed by atoms with Gasteiger partial charge in [0.1, 0.15) is 5.75 Å². The van der Waals surface area contributed by atoms with Gasteiger partial charge in [-0.3, -0.25) is 14.0 Å². The summed E-state index contributed by atoms with van der Waals surface area (Å²) in [6.07, 6.45) is 0.853. The second-order valence-electron chi connectivity index (χ2n) is 8.80. The topological polar surface area (TPSA) is 78.9 Å². The number of carbonyl (C=O) groups excluding carboxylic acids is 1. The third kappa shape index (κ3) is 5.49. The van der Waals surface area contributed by atoms with Gasteiger partial charge in [0.15, 0.2) is 0 Å². The quantitative estimate of drug-likeness (QED) is 0.516. The number of para-hydroxylation sites is 2. The molecule has 0 saturated carbocycles. The van der Waals surface area contributed by atoms with Crippen LogP contribution < -0.4 is 14.4 Å². The number of sulfonamides is 1. The van der Waals surface area contributed by atoms with Crippen molar-refractivity contribution in [3.63, 3.8) is 0 Å². The van der Waals surface area contributed by atoms with Crippen molar-refractivity contribution in [1.82, 2.24) is 10.2 Å². The summed E-state index contributed by atoms with van der Waals surface area (Å²) >= 11 is 0. The Labute approximate surface area is 207 Å². The Morgan fingerprint density at radius 1 is 1.09 bits per heavy atom. The van der Waals surface area contributed by atoms with E-state index in [9.17, 15) is 13.2 Å². The molecule has 1 saturated heterocycles. The average molecular weight is 494 g/mol. The molecule has 0 spiro atoms. The first kappa shape index (κ1) is 24.8. The van der Waals surface area contributed by atoms with E-state index in [2.05, 4.69) is 22.3 Å². The van der Waals surface area contributed by atoms with Crippen molar-refractivity contribution < 1.29 is 17.9 Å². The summed E-state index contributed by atoms with van der Waals surface area (Å²) in [5.41, 5.74) is 2.75. The molecule has 1 unspecified atom stereocenters. The lowest BCUT2D eigenvalue weighted by molar-refractivity contribution is 0.0937. The number of nitrogens with zero attached hydrogens (tertiary/aromatic N) is 2. The number of amides is 1. The zero-order valence-corrected chi connectivity index (χ0v) is 21.1. The largest absolute Gasteiger partial charge is 0.495 e. The summed E-state index contributed by atoms with van der Waals surface area (Å²) in [4.78, 5) is 15.5. The van der Waals surface area contributed by atoms with Crippen LogP contribution >= 0.6 is 0 Å². The minimum absolute atomic E-state index is 0.0159. The van der Waals surface area contributed by atoms with E-state index in [1.165, 1.54) is 36.2 Å². The van der Waals surface area contributed by atoms with Crippen molar-refractivity contribution in [2.45, 2.75) is 30.8 Å². The van der Waals surface area contributed by atoms with Crippen molar-refractivity contribution in [2.75, 3.05) is 31.6 Å². The highest BCUT2D eigenvalue weighted by Crippen LogP contribution is 2.31. The minimum atomic E-state index is -3.90. The Hall–Kier alpha value is -3.36. The number of likely N-dealkylation sites (tertiary alicyclic amines) is 1. The first-order valence-corrected chi connectivity index (χ1v) is 13.0. The fourth-order valence-electron chi connectivity index (χ4n) is 4.38. The molecule has 0 aromatic heterocycles. The van der Waals surface area contributed by atoms with Crippen molar-refractivity contribution in [1.29, 1.82) is 0 Å². The molecule has 1 atom stereocenters. The summed E-state index contributed by atoms with van der Waals surface area (Å²) < 4.78 is 33.3. The average Bonchev–Trinajstić information content (AvgIpc) is 3.30. The smallest absolute Gasteiger partial charge is 0.264 e. The van der Waals surface area contributed by atoms with E-state index in [1.54, 1.807) is 30.3 Å². The van der Waals surface area contributed by atoms with Crippen molar-refractivity contribution in [3.8, 4) is 5.75 Å². The molecule has 8 heteroatoms. The van der Waals surface area contributed by atoms with Crippen LogP contribution in [0, 0.1) is 6.92 Å². The minimum Gasteiger partial charge on any atom is -0.495 e. The van der Waals surface area contributed by atoms with E-state index in [-0.39, 0.29) is 16.8 Å². The summed E-state index contributed by atoms with van der Waals surface area (Å²) in [6.45, 7) is 4.31. The molecule has 1 fully saturated rings. The van der Waals surface area contributed by atoms with Gasteiger partial charge in [-0.15, -0.1) is 0 Å². The molecule has 35 heavy (non-hydrogen) atoms. The van der Waals surface area contributed by atoms with Crippen LogP contribution in [0.15, 0.2) is 77.7 Å². The number of ether oxygens (including phenoxy) is 1. The van der Waals surface area contributed by atoms with Crippen molar-refractivity contribution in [3.05, 3.63) is 89.5 Å². The standard InChI is InChI=1S/C27H31N3O4S/c1-20-13-14-23(35(32,33)29(2)25-11-7-8-12-26(25)34-3)17-24(20)27(31)28-22-15-16-30(19-22)18-21-9-5-4-6-10-21/h4-14,17,22H,15-16,18-19H2,1-3H3,(H,28,31). The van der Waals surface area contributed by atoms with E-state index in [4.69, 9.17) is 4.74 Å². The number of benzene rings is 3. The maximum Gasteiger partial charge on any atom is 0.264 e. The number of aryl methyl sites for hydroxylation is 1. The first-order chi connectivity index (χ1) is 16.8. The van der Waals surface area contributed by atoms with Crippen LogP contribution in [0.4, 0.5) is 5.69 Å². The molecule has 184 valence electrons. The van der Waals surface area contributed by atoms with E-state index in [1.807, 2.05) is 25.1 Å². The Morgan fingerprint density at radius 3 is 2.54 bits per heavy atom. The predicted molar refractivity (Wildman–Crippen MR) is 137 cm³/mol.